The maximum absolute atomic E-state index is 11.7. The van der Waals surface area contributed by atoms with Crippen LogP contribution in [-0.2, 0) is 4.79 Å². The van der Waals surface area contributed by atoms with Gasteiger partial charge in [0.2, 0.25) is 5.91 Å². The van der Waals surface area contributed by atoms with Gasteiger partial charge in [-0.05, 0) is 24.3 Å². The lowest BCUT2D eigenvalue weighted by atomic mass is 10.1. The standard InChI is InChI=1S/C16H16N4O/c1-10(2)16(21)20-15-5-3-4-12(19-15)11-6-7-13-14(8-11)18-9-17-13/h3-10H,1-2H3,(H,17,18)(H,19,20,21). The summed E-state index contributed by atoms with van der Waals surface area (Å²) in [5.74, 6) is 0.451. The highest BCUT2D eigenvalue weighted by molar-refractivity contribution is 5.91. The van der Waals surface area contributed by atoms with Crippen LogP contribution < -0.4 is 5.32 Å². The number of hydrogen-bond acceptors (Lipinski definition) is 3. The molecule has 0 spiro atoms. The normalized spacial score (nSPS) is 11.0. The molecule has 1 aromatic carbocycles. The zero-order chi connectivity index (χ0) is 14.8. The average Bonchev–Trinajstić information content (AvgIpc) is 2.94. The van der Waals surface area contributed by atoms with Gasteiger partial charge in [0.1, 0.15) is 5.82 Å². The smallest absolute Gasteiger partial charge is 0.228 e. The number of carbonyl (C=O) groups is 1. The average molecular weight is 280 g/mol. The van der Waals surface area contributed by atoms with Crippen molar-refractivity contribution in [3.8, 4) is 11.3 Å². The van der Waals surface area contributed by atoms with Crippen LogP contribution in [0, 0.1) is 5.92 Å². The first-order valence-electron chi connectivity index (χ1n) is 6.85. The van der Waals surface area contributed by atoms with Crippen LogP contribution in [0.1, 0.15) is 13.8 Å². The minimum absolute atomic E-state index is 0.0394. The summed E-state index contributed by atoms with van der Waals surface area (Å²) in [7, 11) is 0. The molecule has 0 bridgehead atoms. The number of rotatable bonds is 3. The van der Waals surface area contributed by atoms with Crippen LogP contribution >= 0.6 is 0 Å². The van der Waals surface area contributed by atoms with Crippen LogP contribution in [0.5, 0.6) is 0 Å². The van der Waals surface area contributed by atoms with Crippen LogP contribution in [0.4, 0.5) is 5.82 Å². The van der Waals surface area contributed by atoms with E-state index < -0.39 is 0 Å². The van der Waals surface area contributed by atoms with E-state index in [0.717, 1.165) is 22.3 Å². The molecule has 21 heavy (non-hydrogen) atoms. The molecular formula is C16H16N4O. The summed E-state index contributed by atoms with van der Waals surface area (Å²) in [5.41, 5.74) is 3.66. The molecule has 0 saturated carbocycles. The van der Waals surface area contributed by atoms with Crippen molar-refractivity contribution in [2.75, 3.05) is 5.32 Å². The van der Waals surface area contributed by atoms with Gasteiger partial charge < -0.3 is 10.3 Å². The van der Waals surface area contributed by atoms with Gasteiger partial charge in [0, 0.05) is 11.5 Å². The van der Waals surface area contributed by atoms with Crippen molar-refractivity contribution in [1.82, 2.24) is 15.0 Å². The molecule has 5 nitrogen and oxygen atoms in total. The second-order valence-electron chi connectivity index (χ2n) is 5.19. The number of H-pyrrole nitrogens is 1. The molecule has 2 heterocycles. The summed E-state index contributed by atoms with van der Waals surface area (Å²) in [6.45, 7) is 3.70. The third-order valence-electron chi connectivity index (χ3n) is 3.24. The van der Waals surface area contributed by atoms with Gasteiger partial charge in [-0.3, -0.25) is 4.79 Å². The molecule has 1 amide bonds. The van der Waals surface area contributed by atoms with Gasteiger partial charge in [-0.15, -0.1) is 0 Å². The Kier molecular flexibility index (Phi) is 3.39. The third kappa shape index (κ3) is 2.76. The minimum atomic E-state index is -0.0733. The number of amides is 1. The lowest BCUT2D eigenvalue weighted by Gasteiger charge is -2.08. The number of aromatic nitrogens is 3. The highest BCUT2D eigenvalue weighted by Crippen LogP contribution is 2.22. The van der Waals surface area contributed by atoms with Gasteiger partial charge >= 0.3 is 0 Å². The monoisotopic (exact) mass is 280 g/mol. The number of benzene rings is 1. The first-order valence-corrected chi connectivity index (χ1v) is 6.85. The fourth-order valence-electron chi connectivity index (χ4n) is 2.03. The molecule has 0 aliphatic heterocycles. The fourth-order valence-corrected chi connectivity index (χ4v) is 2.03. The summed E-state index contributed by atoms with van der Waals surface area (Å²) in [6, 6.07) is 11.5. The van der Waals surface area contributed by atoms with Crippen LogP contribution in [0.3, 0.4) is 0 Å². The van der Waals surface area contributed by atoms with Crippen molar-refractivity contribution >= 4 is 22.8 Å². The maximum Gasteiger partial charge on any atom is 0.228 e. The number of fused-ring (bicyclic) bond motifs is 1. The largest absolute Gasteiger partial charge is 0.345 e. The van der Waals surface area contributed by atoms with E-state index in [-0.39, 0.29) is 11.8 Å². The molecule has 5 heteroatoms. The number of hydrogen-bond donors (Lipinski definition) is 2. The van der Waals surface area contributed by atoms with Crippen molar-refractivity contribution in [3.63, 3.8) is 0 Å². The highest BCUT2D eigenvalue weighted by Gasteiger charge is 2.09. The molecule has 2 N–H and O–H groups in total. The number of aromatic amines is 1. The Balaban J connectivity index is 1.93. The molecule has 0 fully saturated rings. The third-order valence-corrected chi connectivity index (χ3v) is 3.24. The Morgan fingerprint density at radius 3 is 2.90 bits per heavy atom. The number of nitrogens with zero attached hydrogens (tertiary/aromatic N) is 2. The van der Waals surface area contributed by atoms with E-state index in [1.165, 1.54) is 0 Å². The summed E-state index contributed by atoms with van der Waals surface area (Å²) >= 11 is 0. The molecule has 0 aliphatic carbocycles. The van der Waals surface area contributed by atoms with Gasteiger partial charge in [0.25, 0.3) is 0 Å². The lowest BCUT2D eigenvalue weighted by Crippen LogP contribution is -2.18. The van der Waals surface area contributed by atoms with Crippen LogP contribution in [0.15, 0.2) is 42.7 Å². The van der Waals surface area contributed by atoms with E-state index in [2.05, 4.69) is 20.3 Å². The summed E-state index contributed by atoms with van der Waals surface area (Å²) in [5, 5.41) is 2.81. The Labute approximate surface area is 122 Å². The highest BCUT2D eigenvalue weighted by atomic mass is 16.1. The van der Waals surface area contributed by atoms with Crippen molar-refractivity contribution in [2.24, 2.45) is 5.92 Å². The van der Waals surface area contributed by atoms with Gasteiger partial charge in [-0.25, -0.2) is 9.97 Å². The zero-order valence-electron chi connectivity index (χ0n) is 11.9. The molecule has 106 valence electrons. The second kappa shape index (κ2) is 5.36. The van der Waals surface area contributed by atoms with Crippen molar-refractivity contribution < 1.29 is 4.79 Å². The van der Waals surface area contributed by atoms with Crippen LogP contribution in [0.2, 0.25) is 0 Å². The second-order valence-corrected chi connectivity index (χ2v) is 5.19. The molecule has 0 aliphatic rings. The van der Waals surface area contributed by atoms with Crippen molar-refractivity contribution in [3.05, 3.63) is 42.7 Å². The van der Waals surface area contributed by atoms with Gasteiger partial charge in [-0.2, -0.15) is 0 Å². The number of carbonyl (C=O) groups excluding carboxylic acids is 1. The van der Waals surface area contributed by atoms with E-state index >= 15 is 0 Å². The molecule has 0 atom stereocenters. The zero-order valence-corrected chi connectivity index (χ0v) is 11.9. The van der Waals surface area contributed by atoms with Crippen molar-refractivity contribution in [2.45, 2.75) is 13.8 Å². The molecule has 3 rings (SSSR count). The van der Waals surface area contributed by atoms with Gasteiger partial charge in [0.15, 0.2) is 0 Å². The van der Waals surface area contributed by atoms with E-state index in [0.29, 0.717) is 5.82 Å². The Morgan fingerprint density at radius 2 is 2.10 bits per heavy atom. The maximum atomic E-state index is 11.7. The first kappa shape index (κ1) is 13.3. The Hall–Kier alpha value is -2.69. The topological polar surface area (TPSA) is 70.7 Å². The predicted octanol–water partition coefficient (Wildman–Crippen LogP) is 3.22. The minimum Gasteiger partial charge on any atom is -0.345 e. The van der Waals surface area contributed by atoms with Crippen molar-refractivity contribution in [1.29, 1.82) is 0 Å². The fraction of sp³-hybridized carbons (Fsp3) is 0.188. The van der Waals surface area contributed by atoms with Gasteiger partial charge in [0.05, 0.1) is 23.1 Å². The number of imidazole rings is 1. The SMILES string of the molecule is CC(C)C(=O)Nc1cccc(-c2ccc3[nH]cnc3c2)n1. The van der Waals surface area contributed by atoms with E-state index in [4.69, 9.17) is 0 Å². The molecular weight excluding hydrogens is 264 g/mol. The molecule has 0 radical (unpaired) electrons. The first-order chi connectivity index (χ1) is 10.1. The van der Waals surface area contributed by atoms with Gasteiger partial charge in [-0.1, -0.05) is 26.0 Å². The molecule has 3 aromatic rings. The number of nitrogens with one attached hydrogen (secondary N) is 2. The number of pyridine rings is 1. The van der Waals surface area contributed by atoms with Crippen LogP contribution in [-0.4, -0.2) is 20.9 Å². The number of anilines is 1. The quantitative estimate of drug-likeness (QED) is 0.773. The predicted molar refractivity (Wildman–Crippen MR) is 82.8 cm³/mol. The summed E-state index contributed by atoms with van der Waals surface area (Å²) in [4.78, 5) is 23.5. The molecule has 0 saturated heterocycles. The van der Waals surface area contributed by atoms with E-state index in [9.17, 15) is 4.79 Å². The Morgan fingerprint density at radius 1 is 1.24 bits per heavy atom. The Bertz CT molecular complexity index is 792. The van der Waals surface area contributed by atoms with E-state index in [1.807, 2.05) is 44.2 Å². The molecule has 0 unspecified atom stereocenters. The summed E-state index contributed by atoms with van der Waals surface area (Å²) in [6.07, 6.45) is 1.67. The molecule has 2 aromatic heterocycles. The lowest BCUT2D eigenvalue weighted by molar-refractivity contribution is -0.118. The van der Waals surface area contributed by atoms with E-state index in [1.54, 1.807) is 12.4 Å². The van der Waals surface area contributed by atoms with Crippen LogP contribution in [0.25, 0.3) is 22.3 Å². The summed E-state index contributed by atoms with van der Waals surface area (Å²) < 4.78 is 0.